The summed E-state index contributed by atoms with van der Waals surface area (Å²) in [7, 11) is 0. The molecule has 12 nitrogen and oxygen atoms in total. The molecule has 6 N–H and O–H groups in total. The van der Waals surface area contributed by atoms with Gasteiger partial charge in [-0.05, 0) is 35.7 Å². The van der Waals surface area contributed by atoms with Crippen molar-refractivity contribution in [2.24, 2.45) is 23.0 Å². The zero-order chi connectivity index (χ0) is 31.0. The molecule has 6 amide bonds. The van der Waals surface area contributed by atoms with Gasteiger partial charge in [-0.3, -0.25) is 24.0 Å². The molecule has 12 heteroatoms. The quantitative estimate of drug-likeness (QED) is 0.229. The van der Waals surface area contributed by atoms with E-state index in [-0.39, 0.29) is 30.8 Å². The smallest absolute Gasteiger partial charge is 0.315 e. The van der Waals surface area contributed by atoms with Crippen LogP contribution in [0.2, 0.25) is 0 Å². The van der Waals surface area contributed by atoms with Crippen molar-refractivity contribution >= 4 is 35.4 Å². The number of hydrogen-bond acceptors (Lipinski definition) is 6. The topological polar surface area (TPSA) is 180 Å². The molecular formula is C30H44N6O6. The second kappa shape index (κ2) is 14.3. The van der Waals surface area contributed by atoms with Crippen LogP contribution in [0.15, 0.2) is 30.3 Å². The Balaban J connectivity index is 1.63. The molecule has 4 atom stereocenters. The Morgan fingerprint density at radius 1 is 1.00 bits per heavy atom. The molecule has 1 saturated heterocycles. The summed E-state index contributed by atoms with van der Waals surface area (Å²) in [5.41, 5.74) is 5.43. The van der Waals surface area contributed by atoms with Crippen molar-refractivity contribution in [3.05, 3.63) is 35.9 Å². The number of carbonyl (C=O) groups is 6. The number of carbonyl (C=O) groups excluding carboxylic acids is 6. The van der Waals surface area contributed by atoms with Gasteiger partial charge in [0.2, 0.25) is 23.5 Å². The molecule has 0 spiro atoms. The van der Waals surface area contributed by atoms with Gasteiger partial charge >= 0.3 is 6.03 Å². The highest BCUT2D eigenvalue weighted by molar-refractivity contribution is 6.37. The Bertz CT molecular complexity index is 1160. The van der Waals surface area contributed by atoms with Gasteiger partial charge in [0.15, 0.2) is 0 Å². The van der Waals surface area contributed by atoms with E-state index < -0.39 is 53.1 Å². The van der Waals surface area contributed by atoms with Crippen LogP contribution in [0, 0.1) is 17.3 Å². The van der Waals surface area contributed by atoms with E-state index in [2.05, 4.69) is 21.3 Å². The molecule has 230 valence electrons. The summed E-state index contributed by atoms with van der Waals surface area (Å²) in [6.45, 7) is 7.59. The van der Waals surface area contributed by atoms with Gasteiger partial charge in [-0.25, -0.2) is 4.79 Å². The van der Waals surface area contributed by atoms with Gasteiger partial charge in [0.1, 0.15) is 12.1 Å². The predicted octanol–water partition coefficient (Wildman–Crippen LogP) is 0.983. The predicted molar refractivity (Wildman–Crippen MR) is 155 cm³/mol. The second-order valence-corrected chi connectivity index (χ2v) is 12.6. The van der Waals surface area contributed by atoms with Gasteiger partial charge in [0.05, 0.1) is 12.6 Å². The van der Waals surface area contributed by atoms with Gasteiger partial charge in [0.25, 0.3) is 5.91 Å². The summed E-state index contributed by atoms with van der Waals surface area (Å²) in [5.74, 6) is -3.11. The van der Waals surface area contributed by atoms with E-state index in [1.165, 1.54) is 4.90 Å². The van der Waals surface area contributed by atoms with E-state index >= 15 is 0 Å². The first-order chi connectivity index (χ1) is 19.8. The van der Waals surface area contributed by atoms with Crippen LogP contribution in [0.3, 0.4) is 0 Å². The number of urea groups is 1. The van der Waals surface area contributed by atoms with Gasteiger partial charge in [-0.15, -0.1) is 0 Å². The average molecular weight is 585 g/mol. The highest BCUT2D eigenvalue weighted by Gasteiger charge is 2.44. The molecule has 2 aliphatic rings. The third-order valence-corrected chi connectivity index (χ3v) is 7.90. The number of hydrogen-bond donors (Lipinski definition) is 5. The third kappa shape index (κ3) is 9.02. The maximum atomic E-state index is 13.8. The largest absolute Gasteiger partial charge is 0.363 e. The van der Waals surface area contributed by atoms with Gasteiger partial charge in [0, 0.05) is 13.1 Å². The van der Waals surface area contributed by atoms with Crippen molar-refractivity contribution in [1.29, 1.82) is 0 Å². The second-order valence-electron chi connectivity index (χ2n) is 12.6. The SMILES string of the molecule is CC1CC(C(=O)NC(CC2CCC2)C(=O)C(N)=O)N(C(=O)C(NC(=O)NCC(=O)NCc2ccccc2)C(C)(C)C)C1. The molecule has 1 aromatic carbocycles. The summed E-state index contributed by atoms with van der Waals surface area (Å²) < 4.78 is 0. The van der Waals surface area contributed by atoms with Gasteiger partial charge in [-0.2, -0.15) is 0 Å². The number of benzene rings is 1. The first-order valence-electron chi connectivity index (χ1n) is 14.6. The van der Waals surface area contributed by atoms with Crippen molar-refractivity contribution in [3.8, 4) is 0 Å². The lowest BCUT2D eigenvalue weighted by molar-refractivity contribution is -0.143. The molecule has 1 aliphatic carbocycles. The zero-order valence-corrected chi connectivity index (χ0v) is 24.9. The molecule has 2 fully saturated rings. The van der Waals surface area contributed by atoms with Crippen molar-refractivity contribution in [3.63, 3.8) is 0 Å². The molecule has 1 saturated carbocycles. The lowest BCUT2D eigenvalue weighted by Gasteiger charge is -2.36. The molecule has 42 heavy (non-hydrogen) atoms. The first kappa shape index (κ1) is 32.6. The van der Waals surface area contributed by atoms with Crippen LogP contribution in [0.1, 0.15) is 65.4 Å². The Kier molecular flexibility index (Phi) is 11.1. The van der Waals surface area contributed by atoms with Crippen molar-refractivity contribution in [1.82, 2.24) is 26.2 Å². The maximum absolute atomic E-state index is 13.8. The number of rotatable bonds is 12. The minimum atomic E-state index is -1.11. The summed E-state index contributed by atoms with van der Waals surface area (Å²) in [4.78, 5) is 77.8. The van der Waals surface area contributed by atoms with Crippen LogP contribution in [0.4, 0.5) is 4.79 Å². The van der Waals surface area contributed by atoms with E-state index in [1.54, 1.807) is 20.8 Å². The molecule has 0 radical (unpaired) electrons. The summed E-state index contributed by atoms with van der Waals surface area (Å²) >= 11 is 0. The van der Waals surface area contributed by atoms with Crippen LogP contribution in [0.25, 0.3) is 0 Å². The van der Waals surface area contributed by atoms with Gasteiger partial charge in [-0.1, -0.05) is 77.3 Å². The molecule has 0 aromatic heterocycles. The summed E-state index contributed by atoms with van der Waals surface area (Å²) in [6.07, 6.45) is 3.56. The highest BCUT2D eigenvalue weighted by Crippen LogP contribution is 2.31. The fourth-order valence-electron chi connectivity index (χ4n) is 5.29. The highest BCUT2D eigenvalue weighted by atomic mass is 16.2. The Hall–Kier alpha value is -3.96. The Labute approximate surface area is 246 Å². The number of Topliss-reactive ketones (excluding diaryl/α,β-unsaturated/α-hetero) is 1. The molecule has 1 aromatic rings. The van der Waals surface area contributed by atoms with E-state index in [1.807, 2.05) is 37.3 Å². The zero-order valence-electron chi connectivity index (χ0n) is 24.9. The normalized spacial score (nSPS) is 20.0. The van der Waals surface area contributed by atoms with Crippen LogP contribution in [-0.2, 0) is 30.5 Å². The third-order valence-electron chi connectivity index (χ3n) is 7.90. The average Bonchev–Trinajstić information content (AvgIpc) is 3.31. The van der Waals surface area contributed by atoms with Gasteiger partial charge < -0.3 is 31.9 Å². The van der Waals surface area contributed by atoms with E-state index in [0.717, 1.165) is 24.8 Å². The van der Waals surface area contributed by atoms with Crippen LogP contribution in [0.5, 0.6) is 0 Å². The maximum Gasteiger partial charge on any atom is 0.315 e. The Morgan fingerprint density at radius 2 is 1.67 bits per heavy atom. The molecule has 0 bridgehead atoms. The Morgan fingerprint density at radius 3 is 2.24 bits per heavy atom. The standard InChI is InChI=1S/C30H44N6O6/c1-18-13-22(27(40)34-21(24(38)26(31)39)14-19-11-8-12-19)36(17-18)28(41)25(30(2,3)4)35-29(42)33-16-23(37)32-15-20-9-6-5-7-10-20/h5-7,9-10,18-19,21-22,25H,8,11-17H2,1-4H3,(H2,31,39)(H,32,37)(H,34,40)(H2,33,35,42). The van der Waals surface area contributed by atoms with Crippen molar-refractivity contribution in [2.75, 3.05) is 13.1 Å². The molecular weight excluding hydrogens is 540 g/mol. The molecule has 3 rings (SSSR count). The monoisotopic (exact) mass is 584 g/mol. The number of nitrogens with zero attached hydrogens (tertiary/aromatic N) is 1. The molecule has 4 unspecified atom stereocenters. The minimum absolute atomic E-state index is 0.00983. The van der Waals surface area contributed by atoms with Crippen LogP contribution >= 0.6 is 0 Å². The van der Waals surface area contributed by atoms with E-state index in [0.29, 0.717) is 19.4 Å². The summed E-state index contributed by atoms with van der Waals surface area (Å²) in [5, 5.41) is 10.6. The van der Waals surface area contributed by atoms with Crippen LogP contribution in [-0.4, -0.2) is 71.6 Å². The molecule has 1 heterocycles. The lowest BCUT2D eigenvalue weighted by Crippen LogP contribution is -2.60. The van der Waals surface area contributed by atoms with Crippen LogP contribution < -0.4 is 27.0 Å². The minimum Gasteiger partial charge on any atom is -0.363 e. The van der Waals surface area contributed by atoms with Crippen molar-refractivity contribution in [2.45, 2.75) is 84.5 Å². The van der Waals surface area contributed by atoms with E-state index in [9.17, 15) is 28.8 Å². The number of primary amides is 1. The van der Waals surface area contributed by atoms with E-state index in [4.69, 9.17) is 5.73 Å². The summed E-state index contributed by atoms with van der Waals surface area (Å²) in [6, 6.07) is 5.72. The van der Waals surface area contributed by atoms with Crippen molar-refractivity contribution < 1.29 is 28.8 Å². The number of amides is 6. The number of ketones is 1. The number of nitrogens with one attached hydrogen (secondary N) is 4. The fourth-order valence-corrected chi connectivity index (χ4v) is 5.29. The molecule has 1 aliphatic heterocycles. The lowest BCUT2D eigenvalue weighted by atomic mass is 9.80. The first-order valence-corrected chi connectivity index (χ1v) is 14.6. The fraction of sp³-hybridized carbons (Fsp3) is 0.600. The number of likely N-dealkylation sites (tertiary alicyclic amines) is 1. The number of nitrogens with two attached hydrogens (primary N) is 1.